The predicted molar refractivity (Wildman–Crippen MR) is 99.0 cm³/mol. The number of nitrogens with one attached hydrogen (secondary N) is 1. The van der Waals surface area contributed by atoms with Gasteiger partial charge in [-0.2, -0.15) is 0 Å². The maximum Gasteiger partial charge on any atom is 0.416 e. The molecule has 4 rings (SSSR count). The average molecular weight is 389 g/mol. The summed E-state index contributed by atoms with van der Waals surface area (Å²) in [6, 6.07) is 4.17. The van der Waals surface area contributed by atoms with Crippen molar-refractivity contribution in [2.24, 2.45) is 5.73 Å². The fourth-order valence-electron chi connectivity index (χ4n) is 3.25. The minimum atomic E-state index is -0.708. The Morgan fingerprint density at radius 1 is 1.46 bits per heavy atom. The molecule has 28 heavy (non-hydrogen) atoms. The number of fused-ring (bicyclic) bond motifs is 3. The number of carbonyl (C=O) groups is 2. The highest BCUT2D eigenvalue weighted by Gasteiger charge is 2.36. The second kappa shape index (κ2) is 7.02. The van der Waals surface area contributed by atoms with E-state index in [0.29, 0.717) is 36.2 Å². The highest BCUT2D eigenvalue weighted by atomic mass is 19.1. The SMILES string of the molecule is C[C@H](Nc1ccc2c(c1)OCCn1cc(N3C(=O)OC[C@H]3CF)nc1-2)C(N)=O. The number of alkyl halides is 1. The Balaban J connectivity index is 1.68. The van der Waals surface area contributed by atoms with Gasteiger partial charge in [-0.15, -0.1) is 0 Å². The van der Waals surface area contributed by atoms with Gasteiger partial charge < -0.3 is 25.1 Å². The fraction of sp³-hybridized carbons (Fsp3) is 0.389. The maximum absolute atomic E-state index is 13.2. The molecule has 0 bridgehead atoms. The first kappa shape index (κ1) is 18.1. The third kappa shape index (κ3) is 3.10. The van der Waals surface area contributed by atoms with Crippen molar-refractivity contribution in [3.8, 4) is 17.1 Å². The lowest BCUT2D eigenvalue weighted by Gasteiger charge is -2.16. The van der Waals surface area contributed by atoms with E-state index in [4.69, 9.17) is 15.2 Å². The lowest BCUT2D eigenvalue weighted by molar-refractivity contribution is -0.118. The van der Waals surface area contributed by atoms with Crippen LogP contribution in [0.25, 0.3) is 11.4 Å². The summed E-state index contributed by atoms with van der Waals surface area (Å²) >= 11 is 0. The lowest BCUT2D eigenvalue weighted by atomic mass is 10.1. The highest BCUT2D eigenvalue weighted by Crippen LogP contribution is 2.36. The lowest BCUT2D eigenvalue weighted by Crippen LogP contribution is -2.35. The van der Waals surface area contributed by atoms with Gasteiger partial charge in [-0.3, -0.25) is 9.69 Å². The molecule has 2 aliphatic rings. The largest absolute Gasteiger partial charge is 0.491 e. The molecule has 2 aromatic rings. The number of halogens is 1. The summed E-state index contributed by atoms with van der Waals surface area (Å²) < 4.78 is 25.9. The van der Waals surface area contributed by atoms with Gasteiger partial charge >= 0.3 is 6.09 Å². The Labute approximate surface area is 160 Å². The van der Waals surface area contributed by atoms with Gasteiger partial charge in [0.2, 0.25) is 5.91 Å². The highest BCUT2D eigenvalue weighted by molar-refractivity contribution is 5.89. The summed E-state index contributed by atoms with van der Waals surface area (Å²) in [5, 5.41) is 3.01. The molecule has 9 nitrogen and oxygen atoms in total. The van der Waals surface area contributed by atoms with E-state index >= 15 is 0 Å². The van der Waals surface area contributed by atoms with Crippen molar-refractivity contribution in [1.29, 1.82) is 0 Å². The van der Waals surface area contributed by atoms with Crippen molar-refractivity contribution in [3.63, 3.8) is 0 Å². The van der Waals surface area contributed by atoms with E-state index in [1.807, 2.05) is 10.6 Å². The number of imidazole rings is 1. The molecule has 2 atom stereocenters. The van der Waals surface area contributed by atoms with Gasteiger partial charge in [0.25, 0.3) is 0 Å². The van der Waals surface area contributed by atoms with Crippen molar-refractivity contribution < 1.29 is 23.5 Å². The molecule has 0 saturated carbocycles. The van der Waals surface area contributed by atoms with Gasteiger partial charge in [-0.1, -0.05) is 0 Å². The van der Waals surface area contributed by atoms with E-state index in [2.05, 4.69) is 10.3 Å². The average Bonchev–Trinajstić information content (AvgIpc) is 3.20. The molecule has 1 aromatic heterocycles. The second-order valence-corrected chi connectivity index (χ2v) is 6.70. The first-order valence-corrected chi connectivity index (χ1v) is 8.90. The van der Waals surface area contributed by atoms with Crippen molar-refractivity contribution in [2.75, 3.05) is 30.1 Å². The number of rotatable bonds is 5. The number of cyclic esters (lactones) is 1. The van der Waals surface area contributed by atoms with Crippen molar-refractivity contribution in [1.82, 2.24) is 9.55 Å². The van der Waals surface area contributed by atoms with Gasteiger partial charge in [-0.05, 0) is 19.1 Å². The number of amides is 2. The number of nitrogens with two attached hydrogens (primary N) is 1. The zero-order valence-electron chi connectivity index (χ0n) is 15.2. The zero-order valence-corrected chi connectivity index (χ0v) is 15.2. The number of anilines is 2. The smallest absolute Gasteiger partial charge is 0.416 e. The molecule has 1 fully saturated rings. The standard InChI is InChI=1S/C18H20FN5O4/c1-10(16(20)25)21-11-2-3-13-14(6-11)27-5-4-23-8-15(22-17(13)23)24-12(7-19)9-28-18(24)26/h2-3,6,8,10,12,21H,4-5,7,9H2,1H3,(H2,20,25)/t10-,12+/m0/s1. The molecular formula is C18H20FN5O4. The third-order valence-electron chi connectivity index (χ3n) is 4.77. The third-order valence-corrected chi connectivity index (χ3v) is 4.77. The van der Waals surface area contributed by atoms with Crippen LogP contribution in [-0.2, 0) is 16.1 Å². The van der Waals surface area contributed by atoms with Crippen LogP contribution in [0.5, 0.6) is 5.75 Å². The first-order chi connectivity index (χ1) is 13.5. The Kier molecular flexibility index (Phi) is 4.54. The molecule has 1 saturated heterocycles. The van der Waals surface area contributed by atoms with Crippen LogP contribution in [0.15, 0.2) is 24.4 Å². The molecule has 10 heteroatoms. The second-order valence-electron chi connectivity index (χ2n) is 6.70. The van der Waals surface area contributed by atoms with Crippen LogP contribution >= 0.6 is 0 Å². The zero-order chi connectivity index (χ0) is 19.8. The van der Waals surface area contributed by atoms with Crippen LogP contribution in [0.3, 0.4) is 0 Å². The molecule has 0 spiro atoms. The molecule has 3 N–H and O–H groups in total. The summed E-state index contributed by atoms with van der Waals surface area (Å²) in [6.45, 7) is 1.87. The van der Waals surface area contributed by atoms with Crippen molar-refractivity contribution in [2.45, 2.75) is 25.6 Å². The van der Waals surface area contributed by atoms with E-state index in [9.17, 15) is 14.0 Å². The predicted octanol–water partition coefficient (Wildman–Crippen LogP) is 1.52. The Morgan fingerprint density at radius 2 is 2.29 bits per heavy atom. The van der Waals surface area contributed by atoms with Crippen LogP contribution in [0.2, 0.25) is 0 Å². The number of ether oxygens (including phenoxy) is 2. The molecule has 1 aromatic carbocycles. The quantitative estimate of drug-likeness (QED) is 0.802. The minimum Gasteiger partial charge on any atom is -0.491 e. The van der Waals surface area contributed by atoms with E-state index in [0.717, 1.165) is 5.56 Å². The minimum absolute atomic E-state index is 0.00427. The fourth-order valence-corrected chi connectivity index (χ4v) is 3.25. The number of carbonyl (C=O) groups excluding carboxylic acids is 2. The normalized spacial score (nSPS) is 19.1. The van der Waals surface area contributed by atoms with E-state index in [1.54, 1.807) is 25.3 Å². The molecule has 0 aliphatic carbocycles. The number of hydrogen-bond donors (Lipinski definition) is 2. The Morgan fingerprint density at radius 3 is 3.04 bits per heavy atom. The number of aromatic nitrogens is 2. The van der Waals surface area contributed by atoms with Gasteiger partial charge in [0.05, 0.1) is 12.1 Å². The van der Waals surface area contributed by atoms with Gasteiger partial charge in [-0.25, -0.2) is 14.2 Å². The summed E-state index contributed by atoms with van der Waals surface area (Å²) in [6.07, 6.45) is 1.09. The molecule has 0 unspecified atom stereocenters. The molecular weight excluding hydrogens is 369 g/mol. The Hall–Kier alpha value is -3.30. The van der Waals surface area contributed by atoms with E-state index in [-0.39, 0.29) is 6.61 Å². The molecule has 2 aliphatic heterocycles. The number of primary amides is 1. The van der Waals surface area contributed by atoms with Crippen molar-refractivity contribution in [3.05, 3.63) is 24.4 Å². The molecule has 148 valence electrons. The molecule has 2 amide bonds. The first-order valence-electron chi connectivity index (χ1n) is 8.90. The van der Waals surface area contributed by atoms with Crippen LogP contribution in [-0.4, -0.2) is 53.5 Å². The number of hydrogen-bond acceptors (Lipinski definition) is 6. The van der Waals surface area contributed by atoms with Crippen LogP contribution in [0.4, 0.5) is 20.7 Å². The van der Waals surface area contributed by atoms with Gasteiger partial charge in [0, 0.05) is 18.0 Å². The summed E-state index contributed by atoms with van der Waals surface area (Å²) in [4.78, 5) is 29.0. The summed E-state index contributed by atoms with van der Waals surface area (Å²) in [5.74, 6) is 1.08. The maximum atomic E-state index is 13.2. The Bertz CT molecular complexity index is 931. The van der Waals surface area contributed by atoms with Gasteiger partial charge in [0.1, 0.15) is 43.5 Å². The molecule has 3 heterocycles. The van der Waals surface area contributed by atoms with Crippen LogP contribution in [0.1, 0.15) is 6.92 Å². The summed E-state index contributed by atoms with van der Waals surface area (Å²) in [7, 11) is 0. The van der Waals surface area contributed by atoms with E-state index < -0.39 is 30.8 Å². The number of benzene rings is 1. The summed E-state index contributed by atoms with van der Waals surface area (Å²) in [5.41, 5.74) is 6.70. The monoisotopic (exact) mass is 389 g/mol. The van der Waals surface area contributed by atoms with Crippen molar-refractivity contribution >= 4 is 23.5 Å². The van der Waals surface area contributed by atoms with E-state index in [1.165, 1.54) is 4.90 Å². The number of nitrogens with zero attached hydrogens (tertiary/aromatic N) is 3. The topological polar surface area (TPSA) is 112 Å². The van der Waals surface area contributed by atoms with Gasteiger partial charge in [0.15, 0.2) is 5.82 Å². The molecule has 0 radical (unpaired) electrons. The van der Waals surface area contributed by atoms with Crippen LogP contribution < -0.4 is 20.7 Å². The van der Waals surface area contributed by atoms with Crippen LogP contribution in [0, 0.1) is 0 Å².